The predicted molar refractivity (Wildman–Crippen MR) is 91.7 cm³/mol. The van der Waals surface area contributed by atoms with Gasteiger partial charge in [-0.1, -0.05) is 18.9 Å². The fourth-order valence-corrected chi connectivity index (χ4v) is 2.99. The van der Waals surface area contributed by atoms with Crippen molar-refractivity contribution in [2.45, 2.75) is 32.6 Å². The molecule has 0 saturated carbocycles. The van der Waals surface area contributed by atoms with E-state index in [1.54, 1.807) is 24.4 Å². The molecule has 0 radical (unpaired) electrons. The van der Waals surface area contributed by atoms with Gasteiger partial charge < -0.3 is 10.6 Å². The zero-order valence-electron chi connectivity index (χ0n) is 13.5. The fraction of sp³-hybridized carbons (Fsp3) is 0.389. The maximum absolute atomic E-state index is 12.7. The van der Waals surface area contributed by atoms with E-state index in [0.717, 1.165) is 24.5 Å². The van der Waals surface area contributed by atoms with E-state index >= 15 is 0 Å². The summed E-state index contributed by atoms with van der Waals surface area (Å²) in [5, 5.41) is 0. The molecule has 0 unspecified atom stereocenters. The lowest BCUT2D eigenvalue weighted by atomic mass is 10.1. The maximum Gasteiger partial charge on any atom is 0.215 e. The second-order valence-electron chi connectivity index (χ2n) is 6.00. The highest BCUT2D eigenvalue weighted by Crippen LogP contribution is 2.23. The Labute approximate surface area is 136 Å². The van der Waals surface area contributed by atoms with Crippen LogP contribution in [0.4, 0.5) is 11.6 Å². The smallest absolute Gasteiger partial charge is 0.215 e. The second-order valence-corrected chi connectivity index (χ2v) is 6.00. The van der Waals surface area contributed by atoms with Crippen molar-refractivity contribution in [2.75, 3.05) is 23.7 Å². The van der Waals surface area contributed by atoms with Crippen LogP contribution in [0.15, 0.2) is 30.5 Å². The lowest BCUT2D eigenvalue weighted by molar-refractivity contribution is 0.103. The molecule has 2 N–H and O–H groups in total. The number of carbonyl (C=O) groups is 1. The third kappa shape index (κ3) is 3.33. The molecule has 0 amide bonds. The molecule has 0 aromatic carbocycles. The fourth-order valence-electron chi connectivity index (χ4n) is 2.99. The average molecular weight is 310 g/mol. The van der Waals surface area contributed by atoms with Gasteiger partial charge in [0.1, 0.15) is 17.3 Å². The Morgan fingerprint density at radius 2 is 1.87 bits per heavy atom. The Balaban J connectivity index is 1.93. The summed E-state index contributed by atoms with van der Waals surface area (Å²) >= 11 is 0. The summed E-state index contributed by atoms with van der Waals surface area (Å²) in [6, 6.07) is 7.14. The van der Waals surface area contributed by atoms with Gasteiger partial charge in [-0.25, -0.2) is 9.97 Å². The van der Waals surface area contributed by atoms with Gasteiger partial charge in [0.05, 0.1) is 5.56 Å². The van der Waals surface area contributed by atoms with Crippen molar-refractivity contribution in [3.05, 3.63) is 47.3 Å². The summed E-state index contributed by atoms with van der Waals surface area (Å²) in [5.74, 6) is 0.989. The van der Waals surface area contributed by atoms with Gasteiger partial charge in [-0.3, -0.25) is 4.79 Å². The number of hydrogen-bond donors (Lipinski definition) is 1. The molecule has 1 aliphatic rings. The number of nitrogen functional groups attached to an aromatic ring is 1. The molecular formula is C18H22N4O. The minimum absolute atomic E-state index is 0.174. The van der Waals surface area contributed by atoms with Gasteiger partial charge in [-0.05, 0) is 43.5 Å². The Morgan fingerprint density at radius 1 is 1.13 bits per heavy atom. The monoisotopic (exact) mass is 310 g/mol. The van der Waals surface area contributed by atoms with Crippen LogP contribution in [-0.4, -0.2) is 28.8 Å². The molecule has 1 saturated heterocycles. The summed E-state index contributed by atoms with van der Waals surface area (Å²) in [4.78, 5) is 23.6. The molecule has 5 nitrogen and oxygen atoms in total. The maximum atomic E-state index is 12.7. The van der Waals surface area contributed by atoms with E-state index in [1.807, 2.05) is 13.0 Å². The zero-order chi connectivity index (χ0) is 16.2. The largest absolute Gasteiger partial charge is 0.383 e. The van der Waals surface area contributed by atoms with Gasteiger partial charge in [-0.2, -0.15) is 0 Å². The molecule has 5 heteroatoms. The van der Waals surface area contributed by atoms with E-state index in [4.69, 9.17) is 5.73 Å². The number of hydrogen-bond acceptors (Lipinski definition) is 5. The molecule has 0 bridgehead atoms. The van der Waals surface area contributed by atoms with E-state index in [9.17, 15) is 4.79 Å². The summed E-state index contributed by atoms with van der Waals surface area (Å²) in [6.07, 6.45) is 6.46. The van der Waals surface area contributed by atoms with Crippen LogP contribution in [0.2, 0.25) is 0 Å². The Kier molecular flexibility index (Phi) is 4.55. The molecule has 1 aliphatic heterocycles. The van der Waals surface area contributed by atoms with Crippen LogP contribution >= 0.6 is 0 Å². The lowest BCUT2D eigenvalue weighted by Gasteiger charge is -2.23. The molecule has 2 aromatic rings. The van der Waals surface area contributed by atoms with Crippen LogP contribution in [-0.2, 0) is 0 Å². The van der Waals surface area contributed by atoms with Crippen LogP contribution in [0.3, 0.4) is 0 Å². The van der Waals surface area contributed by atoms with Crippen molar-refractivity contribution >= 4 is 17.4 Å². The Hall–Kier alpha value is -2.43. The van der Waals surface area contributed by atoms with E-state index in [0.29, 0.717) is 11.3 Å². The zero-order valence-corrected chi connectivity index (χ0v) is 13.5. The van der Waals surface area contributed by atoms with Gasteiger partial charge in [0.2, 0.25) is 5.78 Å². The molecule has 0 atom stereocenters. The predicted octanol–water partition coefficient (Wildman–Crippen LogP) is 2.98. The first-order valence-electron chi connectivity index (χ1n) is 8.14. The average Bonchev–Trinajstić information content (AvgIpc) is 2.84. The number of aromatic nitrogens is 2. The third-order valence-corrected chi connectivity index (χ3v) is 4.29. The van der Waals surface area contributed by atoms with Crippen molar-refractivity contribution in [3.8, 4) is 0 Å². The van der Waals surface area contributed by atoms with Crippen LogP contribution in [0.25, 0.3) is 0 Å². The van der Waals surface area contributed by atoms with Crippen molar-refractivity contribution in [1.82, 2.24) is 9.97 Å². The Bertz CT molecular complexity index is 706. The molecule has 3 heterocycles. The molecule has 3 rings (SSSR count). The highest BCUT2D eigenvalue weighted by atomic mass is 16.1. The highest BCUT2D eigenvalue weighted by molar-refractivity contribution is 6.10. The van der Waals surface area contributed by atoms with Crippen LogP contribution in [0.1, 0.15) is 47.3 Å². The molecule has 1 fully saturated rings. The minimum atomic E-state index is -0.174. The van der Waals surface area contributed by atoms with Crippen LogP contribution < -0.4 is 10.6 Å². The van der Waals surface area contributed by atoms with Crippen molar-refractivity contribution in [1.29, 1.82) is 0 Å². The Morgan fingerprint density at radius 3 is 2.57 bits per heavy atom. The van der Waals surface area contributed by atoms with E-state index < -0.39 is 0 Å². The summed E-state index contributed by atoms with van der Waals surface area (Å²) in [7, 11) is 0. The first-order chi connectivity index (χ1) is 11.2. The van der Waals surface area contributed by atoms with E-state index in [1.165, 1.54) is 25.7 Å². The number of ketones is 1. The number of anilines is 2. The van der Waals surface area contributed by atoms with Crippen molar-refractivity contribution in [3.63, 3.8) is 0 Å². The number of aryl methyl sites for hydroxylation is 1. The van der Waals surface area contributed by atoms with E-state index in [2.05, 4.69) is 14.9 Å². The molecular weight excluding hydrogens is 288 g/mol. The van der Waals surface area contributed by atoms with Crippen LogP contribution in [0, 0.1) is 6.92 Å². The SMILES string of the molecule is Cc1ccc(C(=O)c2cccnc2N)nc1N1CCCCCC1. The van der Waals surface area contributed by atoms with Crippen LogP contribution in [0.5, 0.6) is 0 Å². The first kappa shape index (κ1) is 15.5. The van der Waals surface area contributed by atoms with E-state index in [-0.39, 0.29) is 11.6 Å². The molecule has 2 aromatic heterocycles. The van der Waals surface area contributed by atoms with Gasteiger partial charge in [-0.15, -0.1) is 0 Å². The molecule has 0 spiro atoms. The second kappa shape index (κ2) is 6.77. The molecule has 120 valence electrons. The summed E-state index contributed by atoms with van der Waals surface area (Å²) < 4.78 is 0. The van der Waals surface area contributed by atoms with Gasteiger partial charge in [0.15, 0.2) is 0 Å². The topological polar surface area (TPSA) is 72.1 Å². The number of pyridine rings is 2. The summed E-state index contributed by atoms with van der Waals surface area (Å²) in [6.45, 7) is 4.04. The summed E-state index contributed by atoms with van der Waals surface area (Å²) in [5.41, 5.74) is 7.75. The molecule has 23 heavy (non-hydrogen) atoms. The first-order valence-corrected chi connectivity index (χ1v) is 8.14. The molecule has 0 aliphatic carbocycles. The number of carbonyl (C=O) groups excluding carboxylic acids is 1. The highest BCUT2D eigenvalue weighted by Gasteiger charge is 2.18. The number of nitrogens with zero attached hydrogens (tertiary/aromatic N) is 3. The minimum Gasteiger partial charge on any atom is -0.383 e. The third-order valence-electron chi connectivity index (χ3n) is 4.29. The van der Waals surface area contributed by atoms with Gasteiger partial charge in [0.25, 0.3) is 0 Å². The normalized spacial score (nSPS) is 15.3. The standard InChI is InChI=1S/C18H22N4O/c1-13-8-9-15(16(23)14-7-6-10-20-17(14)19)21-18(13)22-11-4-2-3-5-12-22/h6-10H,2-5,11-12H2,1H3,(H2,19,20). The number of rotatable bonds is 3. The number of nitrogens with two attached hydrogens (primary N) is 1. The lowest BCUT2D eigenvalue weighted by Crippen LogP contribution is -2.26. The van der Waals surface area contributed by atoms with Crippen molar-refractivity contribution in [2.24, 2.45) is 0 Å². The quantitative estimate of drug-likeness (QED) is 0.882. The van der Waals surface area contributed by atoms with Crippen molar-refractivity contribution < 1.29 is 4.79 Å². The van der Waals surface area contributed by atoms with Gasteiger partial charge in [0, 0.05) is 19.3 Å². The van der Waals surface area contributed by atoms with Gasteiger partial charge >= 0.3 is 0 Å².